The van der Waals surface area contributed by atoms with Crippen LogP contribution in [0.5, 0.6) is 5.75 Å². The maximum atomic E-state index is 12.9. The summed E-state index contributed by atoms with van der Waals surface area (Å²) in [7, 11) is 0. The normalized spacial score (nSPS) is 11.0. The Hall–Kier alpha value is -2.89. The first-order chi connectivity index (χ1) is 12.8. The van der Waals surface area contributed by atoms with Crippen LogP contribution in [0.2, 0.25) is 0 Å². The number of hydrogen-bond donors (Lipinski definition) is 2. The van der Waals surface area contributed by atoms with E-state index in [9.17, 15) is 14.0 Å². The van der Waals surface area contributed by atoms with E-state index in [2.05, 4.69) is 10.6 Å². The number of nitrogens with one attached hydrogen (secondary N) is 2. The van der Waals surface area contributed by atoms with E-state index >= 15 is 0 Å². The summed E-state index contributed by atoms with van der Waals surface area (Å²) in [5.41, 5.74) is 0.269. The Labute approximate surface area is 158 Å². The minimum atomic E-state index is -1.23. The first kappa shape index (κ1) is 20.4. The van der Waals surface area contributed by atoms with Crippen molar-refractivity contribution in [1.82, 2.24) is 5.32 Å². The molecule has 0 aliphatic carbocycles. The Balaban J connectivity index is 1.87. The number of carbonyl (C=O) groups excluding carboxylic acids is 2. The zero-order valence-corrected chi connectivity index (χ0v) is 15.8. The smallest absolute Gasteiger partial charge is 0.239 e. The van der Waals surface area contributed by atoms with Gasteiger partial charge in [-0.25, -0.2) is 4.39 Å². The van der Waals surface area contributed by atoms with Crippen molar-refractivity contribution in [2.75, 3.05) is 18.5 Å². The molecule has 0 aliphatic rings. The molecular weight excluding hydrogens is 347 g/mol. The van der Waals surface area contributed by atoms with Gasteiger partial charge >= 0.3 is 0 Å². The summed E-state index contributed by atoms with van der Waals surface area (Å²) in [6.45, 7) is 5.97. The van der Waals surface area contributed by atoms with Crippen LogP contribution in [0.3, 0.4) is 0 Å². The van der Waals surface area contributed by atoms with E-state index in [0.29, 0.717) is 31.0 Å². The summed E-state index contributed by atoms with van der Waals surface area (Å²) in [6, 6.07) is 13.1. The molecule has 2 amide bonds. The van der Waals surface area contributed by atoms with Gasteiger partial charge in [0, 0.05) is 12.2 Å². The van der Waals surface area contributed by atoms with Crippen LogP contribution in [0, 0.1) is 11.2 Å². The van der Waals surface area contributed by atoms with Gasteiger partial charge in [0.15, 0.2) is 0 Å². The highest BCUT2D eigenvalue weighted by Gasteiger charge is 2.35. The molecule has 2 aromatic carbocycles. The van der Waals surface area contributed by atoms with Gasteiger partial charge in [-0.2, -0.15) is 0 Å². The average Bonchev–Trinajstić information content (AvgIpc) is 2.65. The molecule has 0 saturated carbocycles. The average molecular weight is 372 g/mol. The standard InChI is InChI=1S/C21H25FN2O3/c1-4-27-18-11-9-17(10-12-18)24-20(26)21(2,3)19(25)23-14-13-15-5-7-16(22)8-6-15/h5-12H,4,13-14H2,1-3H3,(H,23,25)(H,24,26). The van der Waals surface area contributed by atoms with Crippen molar-refractivity contribution < 1.29 is 18.7 Å². The quantitative estimate of drug-likeness (QED) is 0.697. The summed E-state index contributed by atoms with van der Waals surface area (Å²) in [5, 5.41) is 5.51. The molecule has 6 heteroatoms. The van der Waals surface area contributed by atoms with Crippen molar-refractivity contribution in [3.05, 3.63) is 59.9 Å². The molecule has 0 fully saturated rings. The number of carbonyl (C=O) groups is 2. The highest BCUT2D eigenvalue weighted by Crippen LogP contribution is 2.21. The van der Waals surface area contributed by atoms with E-state index in [1.54, 1.807) is 50.2 Å². The number of benzene rings is 2. The molecule has 0 aromatic heterocycles. The third kappa shape index (κ3) is 5.81. The summed E-state index contributed by atoms with van der Waals surface area (Å²) >= 11 is 0. The second-order valence-electron chi connectivity index (χ2n) is 6.67. The van der Waals surface area contributed by atoms with Gasteiger partial charge in [0.2, 0.25) is 11.8 Å². The maximum absolute atomic E-state index is 12.9. The van der Waals surface area contributed by atoms with Gasteiger partial charge in [0.25, 0.3) is 0 Å². The van der Waals surface area contributed by atoms with E-state index in [4.69, 9.17) is 4.74 Å². The lowest BCUT2D eigenvalue weighted by Gasteiger charge is -2.23. The molecule has 0 aliphatic heterocycles. The first-order valence-electron chi connectivity index (χ1n) is 8.90. The molecule has 0 spiro atoms. The van der Waals surface area contributed by atoms with Crippen molar-refractivity contribution in [3.63, 3.8) is 0 Å². The van der Waals surface area contributed by atoms with Gasteiger partial charge in [0.05, 0.1) is 6.61 Å². The number of anilines is 1. The largest absolute Gasteiger partial charge is 0.494 e. The minimum Gasteiger partial charge on any atom is -0.494 e. The van der Waals surface area contributed by atoms with Crippen molar-refractivity contribution in [3.8, 4) is 5.75 Å². The van der Waals surface area contributed by atoms with Crippen LogP contribution in [0.25, 0.3) is 0 Å². The molecular formula is C21H25FN2O3. The lowest BCUT2D eigenvalue weighted by atomic mass is 9.91. The SMILES string of the molecule is CCOc1ccc(NC(=O)C(C)(C)C(=O)NCCc2ccc(F)cc2)cc1. The van der Waals surface area contributed by atoms with Crippen LogP contribution < -0.4 is 15.4 Å². The van der Waals surface area contributed by atoms with Gasteiger partial charge in [-0.3, -0.25) is 9.59 Å². The zero-order chi connectivity index (χ0) is 19.9. The molecule has 144 valence electrons. The maximum Gasteiger partial charge on any atom is 0.239 e. The number of halogens is 1. The fourth-order valence-corrected chi connectivity index (χ4v) is 2.38. The van der Waals surface area contributed by atoms with Gasteiger partial charge in [-0.15, -0.1) is 0 Å². The van der Waals surface area contributed by atoms with Gasteiger partial charge in [-0.05, 0) is 69.2 Å². The molecule has 27 heavy (non-hydrogen) atoms. The van der Waals surface area contributed by atoms with Crippen LogP contribution in [0.15, 0.2) is 48.5 Å². The molecule has 2 aromatic rings. The van der Waals surface area contributed by atoms with Gasteiger partial charge in [-0.1, -0.05) is 12.1 Å². The van der Waals surface area contributed by atoms with Crippen LogP contribution in [-0.4, -0.2) is 25.0 Å². The molecule has 0 unspecified atom stereocenters. The first-order valence-corrected chi connectivity index (χ1v) is 8.90. The van der Waals surface area contributed by atoms with Crippen LogP contribution in [0.1, 0.15) is 26.3 Å². The lowest BCUT2D eigenvalue weighted by molar-refractivity contribution is -0.138. The lowest BCUT2D eigenvalue weighted by Crippen LogP contribution is -2.45. The molecule has 5 nitrogen and oxygen atoms in total. The van der Waals surface area contributed by atoms with Crippen molar-refractivity contribution in [2.24, 2.45) is 5.41 Å². The number of hydrogen-bond acceptors (Lipinski definition) is 3. The molecule has 2 N–H and O–H groups in total. The zero-order valence-electron chi connectivity index (χ0n) is 15.8. The van der Waals surface area contributed by atoms with Crippen molar-refractivity contribution in [1.29, 1.82) is 0 Å². The van der Waals surface area contributed by atoms with E-state index in [-0.39, 0.29) is 11.7 Å². The topological polar surface area (TPSA) is 67.4 Å². The highest BCUT2D eigenvalue weighted by atomic mass is 19.1. The number of ether oxygens (including phenoxy) is 1. The predicted molar refractivity (Wildman–Crippen MR) is 103 cm³/mol. The molecule has 0 radical (unpaired) electrons. The summed E-state index contributed by atoms with van der Waals surface area (Å²) < 4.78 is 18.3. The van der Waals surface area contributed by atoms with Gasteiger partial charge in [0.1, 0.15) is 17.0 Å². The predicted octanol–water partition coefficient (Wildman–Crippen LogP) is 3.55. The summed E-state index contributed by atoms with van der Waals surface area (Å²) in [5.74, 6) is -0.345. The molecule has 2 rings (SSSR count). The van der Waals surface area contributed by atoms with Crippen LogP contribution >= 0.6 is 0 Å². The Morgan fingerprint density at radius 2 is 1.63 bits per heavy atom. The Bertz CT molecular complexity index is 771. The molecule has 0 heterocycles. The number of amides is 2. The molecule has 0 saturated heterocycles. The molecule has 0 bridgehead atoms. The highest BCUT2D eigenvalue weighted by molar-refractivity contribution is 6.09. The van der Waals surface area contributed by atoms with Gasteiger partial charge < -0.3 is 15.4 Å². The summed E-state index contributed by atoms with van der Waals surface area (Å²) in [6.07, 6.45) is 0.558. The second kappa shape index (κ2) is 9.16. The van der Waals surface area contributed by atoms with Crippen molar-refractivity contribution in [2.45, 2.75) is 27.2 Å². The van der Waals surface area contributed by atoms with Crippen LogP contribution in [0.4, 0.5) is 10.1 Å². The minimum absolute atomic E-state index is 0.296. The Kier molecular flexibility index (Phi) is 6.93. The fourth-order valence-electron chi connectivity index (χ4n) is 2.38. The van der Waals surface area contributed by atoms with Crippen LogP contribution in [-0.2, 0) is 16.0 Å². The fraction of sp³-hybridized carbons (Fsp3) is 0.333. The molecule has 0 atom stereocenters. The third-order valence-electron chi connectivity index (χ3n) is 4.17. The van der Waals surface area contributed by atoms with E-state index in [1.807, 2.05) is 6.92 Å². The van der Waals surface area contributed by atoms with E-state index in [1.165, 1.54) is 12.1 Å². The Morgan fingerprint density at radius 1 is 1.00 bits per heavy atom. The monoisotopic (exact) mass is 372 g/mol. The summed E-state index contributed by atoms with van der Waals surface area (Å²) in [4.78, 5) is 24.9. The Morgan fingerprint density at radius 3 is 2.22 bits per heavy atom. The second-order valence-corrected chi connectivity index (χ2v) is 6.67. The van der Waals surface area contributed by atoms with E-state index < -0.39 is 11.3 Å². The van der Waals surface area contributed by atoms with E-state index in [0.717, 1.165) is 5.56 Å². The number of rotatable bonds is 8. The van der Waals surface area contributed by atoms with Crippen molar-refractivity contribution >= 4 is 17.5 Å². The third-order valence-corrected chi connectivity index (χ3v) is 4.17.